The first kappa shape index (κ1) is 17.7. The predicted octanol–water partition coefficient (Wildman–Crippen LogP) is 0.790. The molecule has 1 saturated heterocycles. The minimum absolute atomic E-state index is 0.128. The number of esters is 1. The molecule has 0 saturated carbocycles. The normalized spacial score (nSPS) is 19.9. The number of rotatable bonds is 4. The highest BCUT2D eigenvalue weighted by Crippen LogP contribution is 2.22. The number of nitrogens with zero attached hydrogens (tertiary/aromatic N) is 3. The van der Waals surface area contributed by atoms with E-state index in [2.05, 4.69) is 9.64 Å². The van der Waals surface area contributed by atoms with Gasteiger partial charge in [0.1, 0.15) is 0 Å². The number of hydrogen-bond acceptors (Lipinski definition) is 5. The van der Waals surface area contributed by atoms with Crippen LogP contribution >= 0.6 is 0 Å². The zero-order valence-corrected chi connectivity index (χ0v) is 14.7. The molecule has 1 aromatic rings. The van der Waals surface area contributed by atoms with Crippen molar-refractivity contribution in [2.75, 3.05) is 45.7 Å². The third kappa shape index (κ3) is 3.65. The Morgan fingerprint density at radius 2 is 1.83 bits per heavy atom. The van der Waals surface area contributed by atoms with E-state index in [-0.39, 0.29) is 12.0 Å². The Hall–Kier alpha value is -1.64. The van der Waals surface area contributed by atoms with Crippen LogP contribution in [-0.4, -0.2) is 69.9 Å². The smallest absolute Gasteiger partial charge is 0.337 e. The molecule has 1 fully saturated rings. The number of anilines is 1. The van der Waals surface area contributed by atoms with E-state index >= 15 is 0 Å². The Morgan fingerprint density at radius 1 is 1.22 bits per heavy atom. The second kappa shape index (κ2) is 6.86. The zero-order chi connectivity index (χ0) is 17.2. The highest BCUT2D eigenvalue weighted by molar-refractivity contribution is 7.86. The minimum atomic E-state index is -3.40. The zero-order valence-electron chi connectivity index (χ0n) is 13.9. The molecule has 1 aliphatic heterocycles. The van der Waals surface area contributed by atoms with Gasteiger partial charge in [-0.15, -0.1) is 0 Å². The van der Waals surface area contributed by atoms with Crippen molar-refractivity contribution in [3.63, 3.8) is 0 Å². The van der Waals surface area contributed by atoms with Crippen molar-refractivity contribution in [3.05, 3.63) is 29.8 Å². The lowest BCUT2D eigenvalue weighted by atomic mass is 10.1. The fourth-order valence-electron chi connectivity index (χ4n) is 2.65. The molecule has 0 amide bonds. The van der Waals surface area contributed by atoms with Crippen LogP contribution in [-0.2, 0) is 14.9 Å². The van der Waals surface area contributed by atoms with Crippen LogP contribution in [0.5, 0.6) is 0 Å². The largest absolute Gasteiger partial charge is 0.465 e. The monoisotopic (exact) mass is 341 g/mol. The Labute approximate surface area is 137 Å². The number of carbonyl (C=O) groups excluding carboxylic acids is 1. The van der Waals surface area contributed by atoms with Crippen LogP contribution in [0.15, 0.2) is 24.3 Å². The molecule has 0 N–H and O–H groups in total. The maximum atomic E-state index is 12.3. The summed E-state index contributed by atoms with van der Waals surface area (Å²) in [7, 11) is 1.04. The van der Waals surface area contributed by atoms with Gasteiger partial charge in [-0.2, -0.15) is 17.0 Å². The molecular formula is C15H23N3O4S. The molecule has 1 atom stereocenters. The topological polar surface area (TPSA) is 70.2 Å². The second-order valence-electron chi connectivity index (χ2n) is 5.73. The lowest BCUT2D eigenvalue weighted by molar-refractivity contribution is 0.0600. The van der Waals surface area contributed by atoms with Crippen LogP contribution < -0.4 is 4.90 Å². The van der Waals surface area contributed by atoms with Crippen LogP contribution in [0.1, 0.15) is 17.3 Å². The first-order chi connectivity index (χ1) is 10.8. The number of hydrogen-bond donors (Lipinski definition) is 0. The van der Waals surface area contributed by atoms with E-state index in [1.54, 1.807) is 26.2 Å². The van der Waals surface area contributed by atoms with E-state index in [0.717, 1.165) is 5.69 Å². The first-order valence-electron chi connectivity index (χ1n) is 7.40. The van der Waals surface area contributed by atoms with Gasteiger partial charge in [-0.3, -0.25) is 0 Å². The Kier molecular flexibility index (Phi) is 5.28. The minimum Gasteiger partial charge on any atom is -0.465 e. The second-order valence-corrected chi connectivity index (χ2v) is 7.83. The SMILES string of the molecule is COC(=O)c1ccc(N2CCN(S(=O)(=O)N(C)C)C(C)C2)cc1. The molecule has 0 radical (unpaired) electrons. The van der Waals surface area contributed by atoms with Crippen molar-refractivity contribution in [3.8, 4) is 0 Å². The molecule has 8 heteroatoms. The Balaban J connectivity index is 2.10. The molecule has 0 spiro atoms. The van der Waals surface area contributed by atoms with Crippen molar-refractivity contribution in [2.45, 2.75) is 13.0 Å². The molecule has 7 nitrogen and oxygen atoms in total. The van der Waals surface area contributed by atoms with E-state index in [9.17, 15) is 13.2 Å². The van der Waals surface area contributed by atoms with E-state index in [1.807, 2.05) is 19.1 Å². The molecule has 1 aromatic carbocycles. The summed E-state index contributed by atoms with van der Waals surface area (Å²) >= 11 is 0. The number of ether oxygens (including phenoxy) is 1. The molecule has 128 valence electrons. The summed E-state index contributed by atoms with van der Waals surface area (Å²) in [6, 6.07) is 7.02. The van der Waals surface area contributed by atoms with Crippen LogP contribution in [0.3, 0.4) is 0 Å². The summed E-state index contributed by atoms with van der Waals surface area (Å²) in [5.74, 6) is -0.369. The summed E-state index contributed by atoms with van der Waals surface area (Å²) in [5, 5.41) is 0. The summed E-state index contributed by atoms with van der Waals surface area (Å²) in [4.78, 5) is 13.6. The maximum Gasteiger partial charge on any atom is 0.337 e. The van der Waals surface area contributed by atoms with Crippen molar-refractivity contribution in [1.82, 2.24) is 8.61 Å². The maximum absolute atomic E-state index is 12.3. The van der Waals surface area contributed by atoms with Gasteiger partial charge < -0.3 is 9.64 Å². The molecule has 0 bridgehead atoms. The van der Waals surface area contributed by atoms with Crippen LogP contribution in [0.4, 0.5) is 5.69 Å². The summed E-state index contributed by atoms with van der Waals surface area (Å²) in [5.41, 5.74) is 1.46. The fraction of sp³-hybridized carbons (Fsp3) is 0.533. The molecule has 23 heavy (non-hydrogen) atoms. The third-order valence-electron chi connectivity index (χ3n) is 3.98. The van der Waals surface area contributed by atoms with Gasteiger partial charge in [0.2, 0.25) is 0 Å². The molecule has 1 aliphatic rings. The van der Waals surface area contributed by atoms with Gasteiger partial charge in [-0.25, -0.2) is 4.79 Å². The number of methoxy groups -OCH3 is 1. The van der Waals surface area contributed by atoms with Gasteiger partial charge in [-0.1, -0.05) is 0 Å². The van der Waals surface area contributed by atoms with Crippen molar-refractivity contribution < 1.29 is 17.9 Å². The van der Waals surface area contributed by atoms with Crippen LogP contribution in [0, 0.1) is 0 Å². The standard InChI is InChI=1S/C15H23N3O4S/c1-12-11-17(9-10-18(12)23(20,21)16(2)3)14-7-5-13(6-8-14)15(19)22-4/h5-8,12H,9-11H2,1-4H3. The van der Waals surface area contributed by atoms with Crippen molar-refractivity contribution >= 4 is 21.9 Å². The average Bonchev–Trinajstić information content (AvgIpc) is 2.53. The van der Waals surface area contributed by atoms with Crippen molar-refractivity contribution in [1.29, 1.82) is 0 Å². The lowest BCUT2D eigenvalue weighted by Gasteiger charge is -2.40. The van der Waals surface area contributed by atoms with Crippen LogP contribution in [0.2, 0.25) is 0 Å². The van der Waals surface area contributed by atoms with Crippen LogP contribution in [0.25, 0.3) is 0 Å². The molecule has 1 heterocycles. The molecular weight excluding hydrogens is 318 g/mol. The fourth-order valence-corrected chi connectivity index (χ4v) is 3.91. The average molecular weight is 341 g/mol. The van der Waals surface area contributed by atoms with Gasteiger partial charge in [0.25, 0.3) is 10.2 Å². The molecule has 0 aromatic heterocycles. The number of benzene rings is 1. The lowest BCUT2D eigenvalue weighted by Crippen LogP contribution is -2.56. The Bertz CT molecular complexity index is 658. The van der Waals surface area contributed by atoms with Gasteiger partial charge in [0, 0.05) is 45.5 Å². The number of carbonyl (C=O) groups is 1. The van der Waals surface area contributed by atoms with Gasteiger partial charge >= 0.3 is 5.97 Å². The molecule has 2 rings (SSSR count). The summed E-state index contributed by atoms with van der Waals surface area (Å²) < 4.78 is 32.0. The van der Waals surface area contributed by atoms with E-state index in [1.165, 1.54) is 15.7 Å². The molecule has 1 unspecified atom stereocenters. The molecule has 0 aliphatic carbocycles. The summed E-state index contributed by atoms with van der Waals surface area (Å²) in [6.45, 7) is 3.54. The van der Waals surface area contributed by atoms with Crippen molar-refractivity contribution in [2.24, 2.45) is 0 Å². The van der Waals surface area contributed by atoms with E-state index in [4.69, 9.17) is 0 Å². The van der Waals surface area contributed by atoms with Gasteiger partial charge in [0.05, 0.1) is 12.7 Å². The predicted molar refractivity (Wildman–Crippen MR) is 88.8 cm³/mol. The first-order valence-corrected chi connectivity index (χ1v) is 8.79. The van der Waals surface area contributed by atoms with Gasteiger partial charge in [0.15, 0.2) is 0 Å². The highest BCUT2D eigenvalue weighted by Gasteiger charge is 2.33. The quantitative estimate of drug-likeness (QED) is 0.757. The van der Waals surface area contributed by atoms with Gasteiger partial charge in [-0.05, 0) is 31.2 Å². The Morgan fingerprint density at radius 3 is 2.30 bits per heavy atom. The van der Waals surface area contributed by atoms with E-state index < -0.39 is 10.2 Å². The van der Waals surface area contributed by atoms with E-state index in [0.29, 0.717) is 25.2 Å². The number of piperazine rings is 1. The highest BCUT2D eigenvalue weighted by atomic mass is 32.2. The third-order valence-corrected chi connectivity index (χ3v) is 6.04. The summed E-state index contributed by atoms with van der Waals surface area (Å²) in [6.07, 6.45) is 0.